The Labute approximate surface area is 190 Å². The van der Waals surface area contributed by atoms with Gasteiger partial charge >= 0.3 is 0 Å². The number of aromatic nitrogens is 1. The van der Waals surface area contributed by atoms with E-state index in [0.29, 0.717) is 30.4 Å². The van der Waals surface area contributed by atoms with Crippen LogP contribution in [-0.4, -0.2) is 33.8 Å². The highest BCUT2D eigenvalue weighted by atomic mass is 32.1. The van der Waals surface area contributed by atoms with Gasteiger partial charge in [-0.1, -0.05) is 30.3 Å². The van der Waals surface area contributed by atoms with Gasteiger partial charge in [0.05, 0.1) is 28.8 Å². The van der Waals surface area contributed by atoms with Crippen LogP contribution in [0.2, 0.25) is 0 Å². The quantitative estimate of drug-likeness (QED) is 0.620. The van der Waals surface area contributed by atoms with Crippen molar-refractivity contribution in [1.29, 1.82) is 0 Å². The molecule has 3 heterocycles. The third-order valence-corrected chi connectivity index (χ3v) is 7.20. The first kappa shape index (κ1) is 20.8. The van der Waals surface area contributed by atoms with Crippen LogP contribution in [0.15, 0.2) is 53.9 Å². The largest absolute Gasteiger partial charge is 0.351 e. The molecule has 0 bridgehead atoms. The molecule has 5 nitrogen and oxygen atoms in total. The lowest BCUT2D eigenvalue weighted by Gasteiger charge is -2.31. The summed E-state index contributed by atoms with van der Waals surface area (Å²) < 4.78 is 14.7. The molecule has 3 atom stereocenters. The van der Waals surface area contributed by atoms with Crippen LogP contribution < -0.4 is 5.32 Å². The summed E-state index contributed by atoms with van der Waals surface area (Å²) in [6, 6.07) is 13.3. The van der Waals surface area contributed by atoms with Gasteiger partial charge in [0.2, 0.25) is 5.91 Å². The van der Waals surface area contributed by atoms with Crippen molar-refractivity contribution in [3.63, 3.8) is 0 Å². The van der Waals surface area contributed by atoms with E-state index in [4.69, 9.17) is 0 Å². The third-order valence-electron chi connectivity index (χ3n) is 6.43. The second kappa shape index (κ2) is 8.47. The van der Waals surface area contributed by atoms with E-state index in [2.05, 4.69) is 10.3 Å². The summed E-state index contributed by atoms with van der Waals surface area (Å²) in [5.74, 6) is -0.461. The zero-order chi connectivity index (χ0) is 22.2. The van der Waals surface area contributed by atoms with Crippen molar-refractivity contribution < 1.29 is 14.0 Å². The van der Waals surface area contributed by atoms with Crippen LogP contribution >= 0.6 is 11.3 Å². The minimum atomic E-state index is -0.419. The van der Waals surface area contributed by atoms with Crippen molar-refractivity contribution in [2.75, 3.05) is 0 Å². The third kappa shape index (κ3) is 3.81. The molecule has 5 rings (SSSR count). The highest BCUT2D eigenvalue weighted by molar-refractivity contribution is 7.09. The molecule has 0 unspecified atom stereocenters. The van der Waals surface area contributed by atoms with E-state index in [9.17, 15) is 14.0 Å². The number of rotatable bonds is 3. The molecule has 32 heavy (non-hydrogen) atoms. The zero-order valence-electron chi connectivity index (χ0n) is 17.8. The number of halogens is 1. The second-order valence-electron chi connectivity index (χ2n) is 8.45. The summed E-state index contributed by atoms with van der Waals surface area (Å²) in [5, 5.41) is 6.06. The second-order valence-corrected chi connectivity index (χ2v) is 9.51. The molecule has 0 radical (unpaired) electrons. The zero-order valence-corrected chi connectivity index (χ0v) is 18.6. The first-order valence-corrected chi connectivity index (χ1v) is 11.8. The van der Waals surface area contributed by atoms with E-state index >= 15 is 0 Å². The van der Waals surface area contributed by atoms with E-state index in [-0.39, 0.29) is 29.7 Å². The SMILES string of the molecule is Cc1nc(-c2ccc(C(=O)N3[C@@H](c4ccccc4F)C[C@@H]4NC(=O)CCC[C@H]43)cc2)cs1. The Bertz CT molecular complexity index is 1160. The van der Waals surface area contributed by atoms with Gasteiger partial charge in [-0.2, -0.15) is 0 Å². The van der Waals surface area contributed by atoms with Crippen molar-refractivity contribution in [3.8, 4) is 11.3 Å². The van der Waals surface area contributed by atoms with Gasteiger partial charge < -0.3 is 10.2 Å². The number of carbonyl (C=O) groups excluding carboxylic acids is 2. The van der Waals surface area contributed by atoms with Crippen LogP contribution in [0.25, 0.3) is 11.3 Å². The molecule has 0 spiro atoms. The molecule has 1 N–H and O–H groups in total. The number of benzene rings is 2. The summed E-state index contributed by atoms with van der Waals surface area (Å²) in [4.78, 5) is 32.2. The normalized spacial score (nSPS) is 22.9. The van der Waals surface area contributed by atoms with Crippen LogP contribution in [0, 0.1) is 12.7 Å². The Morgan fingerprint density at radius 1 is 1.19 bits per heavy atom. The summed E-state index contributed by atoms with van der Waals surface area (Å²) in [6.07, 6.45) is 2.40. The van der Waals surface area contributed by atoms with Gasteiger partial charge in [-0.15, -0.1) is 11.3 Å². The Hall–Kier alpha value is -3.06. The van der Waals surface area contributed by atoms with Crippen molar-refractivity contribution in [2.45, 2.75) is 50.7 Å². The maximum atomic E-state index is 14.7. The smallest absolute Gasteiger partial charge is 0.254 e. The standard InChI is InChI=1S/C25H24FN3O2S/c1-15-27-21(14-32-15)16-9-11-17(12-10-16)25(31)29-22-7-4-8-24(30)28-20(22)13-23(29)18-5-2-3-6-19(18)26/h2-3,5-6,9-12,14,20,22-23H,4,7-8,13H2,1H3,(H,28,30)/t20-,22+,23+/m0/s1. The van der Waals surface area contributed by atoms with Gasteiger partial charge in [-0.25, -0.2) is 9.37 Å². The Morgan fingerprint density at radius 3 is 2.69 bits per heavy atom. The number of carbonyl (C=O) groups is 2. The number of hydrogen-bond donors (Lipinski definition) is 1. The summed E-state index contributed by atoms with van der Waals surface area (Å²) in [7, 11) is 0. The molecule has 164 valence electrons. The molecular weight excluding hydrogens is 425 g/mol. The number of hydrogen-bond acceptors (Lipinski definition) is 4. The highest BCUT2D eigenvalue weighted by Crippen LogP contribution is 2.41. The topological polar surface area (TPSA) is 62.3 Å². The van der Waals surface area contributed by atoms with Crippen LogP contribution in [0.5, 0.6) is 0 Å². The first-order valence-electron chi connectivity index (χ1n) is 10.9. The molecule has 3 aromatic rings. The Morgan fingerprint density at radius 2 is 1.97 bits per heavy atom. The molecule has 2 saturated heterocycles. The van der Waals surface area contributed by atoms with Gasteiger partial charge in [0.1, 0.15) is 5.82 Å². The molecule has 2 amide bonds. The van der Waals surface area contributed by atoms with E-state index in [0.717, 1.165) is 22.7 Å². The minimum absolute atomic E-state index is 0.00184. The number of likely N-dealkylation sites (tertiary alicyclic amines) is 1. The summed E-state index contributed by atoms with van der Waals surface area (Å²) >= 11 is 1.59. The van der Waals surface area contributed by atoms with E-state index < -0.39 is 6.04 Å². The summed E-state index contributed by atoms with van der Waals surface area (Å²) in [5.41, 5.74) is 2.90. The number of thiazole rings is 1. The fourth-order valence-electron chi connectivity index (χ4n) is 4.93. The molecule has 0 aliphatic carbocycles. The van der Waals surface area contributed by atoms with Crippen LogP contribution in [-0.2, 0) is 4.79 Å². The van der Waals surface area contributed by atoms with Crippen molar-refractivity contribution in [1.82, 2.24) is 15.2 Å². The van der Waals surface area contributed by atoms with E-state index in [1.165, 1.54) is 6.07 Å². The van der Waals surface area contributed by atoms with E-state index in [1.807, 2.05) is 36.6 Å². The molecule has 0 saturated carbocycles. The summed E-state index contributed by atoms with van der Waals surface area (Å²) in [6.45, 7) is 1.96. The fourth-order valence-corrected chi connectivity index (χ4v) is 5.55. The van der Waals surface area contributed by atoms with Crippen molar-refractivity contribution >= 4 is 23.2 Å². The number of nitrogens with zero attached hydrogens (tertiary/aromatic N) is 2. The number of aryl methyl sites for hydroxylation is 1. The minimum Gasteiger partial charge on any atom is -0.351 e. The van der Waals surface area contributed by atoms with Crippen LogP contribution in [0.1, 0.15) is 52.7 Å². The lowest BCUT2D eigenvalue weighted by Crippen LogP contribution is -2.45. The lowest BCUT2D eigenvalue weighted by molar-refractivity contribution is -0.121. The average molecular weight is 450 g/mol. The van der Waals surface area contributed by atoms with Gasteiger partial charge in [-0.3, -0.25) is 9.59 Å². The number of fused-ring (bicyclic) bond motifs is 1. The molecule has 7 heteroatoms. The van der Waals surface area contributed by atoms with Crippen molar-refractivity contribution in [2.24, 2.45) is 0 Å². The fraction of sp³-hybridized carbons (Fsp3) is 0.320. The Kier molecular flexibility index (Phi) is 5.51. The Balaban J connectivity index is 1.49. The molecule has 1 aromatic heterocycles. The molecule has 2 aliphatic heterocycles. The molecular formula is C25H24FN3O2S. The monoisotopic (exact) mass is 449 g/mol. The number of amides is 2. The molecule has 2 fully saturated rings. The van der Waals surface area contributed by atoms with E-state index in [1.54, 1.807) is 34.4 Å². The average Bonchev–Trinajstić information content (AvgIpc) is 3.32. The first-order chi connectivity index (χ1) is 15.5. The van der Waals surface area contributed by atoms with Crippen LogP contribution in [0.4, 0.5) is 4.39 Å². The van der Waals surface area contributed by atoms with Gasteiger partial charge in [0.15, 0.2) is 0 Å². The maximum absolute atomic E-state index is 14.7. The van der Waals surface area contributed by atoms with Crippen LogP contribution in [0.3, 0.4) is 0 Å². The number of nitrogens with one attached hydrogen (secondary N) is 1. The predicted molar refractivity (Wildman–Crippen MR) is 122 cm³/mol. The maximum Gasteiger partial charge on any atom is 0.254 e. The molecule has 2 aliphatic rings. The lowest BCUT2D eigenvalue weighted by atomic mass is 10.0. The highest BCUT2D eigenvalue weighted by Gasteiger charge is 2.46. The van der Waals surface area contributed by atoms with Gasteiger partial charge in [-0.05, 0) is 44.4 Å². The van der Waals surface area contributed by atoms with Crippen molar-refractivity contribution in [3.05, 3.63) is 75.9 Å². The molecule has 2 aromatic carbocycles. The van der Waals surface area contributed by atoms with Gasteiger partial charge in [0, 0.05) is 28.5 Å². The van der Waals surface area contributed by atoms with Gasteiger partial charge in [0.25, 0.3) is 5.91 Å². The predicted octanol–water partition coefficient (Wildman–Crippen LogP) is 4.88.